The van der Waals surface area contributed by atoms with Crippen LogP contribution < -0.4 is 5.32 Å². The third-order valence-electron chi connectivity index (χ3n) is 4.36. The molecule has 1 aliphatic rings. The first-order valence-electron chi connectivity index (χ1n) is 8.69. The Morgan fingerprint density at radius 2 is 2.04 bits per heavy atom. The SMILES string of the molecule is CC(C)NC[C@H]1O[C@H](Cc2cc(-c3ccccc3)on2)CC[C@@H]1O. The summed E-state index contributed by atoms with van der Waals surface area (Å²) >= 11 is 0. The predicted molar refractivity (Wildman–Crippen MR) is 92.7 cm³/mol. The van der Waals surface area contributed by atoms with Gasteiger partial charge in [0.25, 0.3) is 0 Å². The van der Waals surface area contributed by atoms with Gasteiger partial charge < -0.3 is 19.7 Å². The second-order valence-electron chi connectivity index (χ2n) is 6.76. The van der Waals surface area contributed by atoms with Crippen LogP contribution in [0.15, 0.2) is 40.9 Å². The molecule has 130 valence electrons. The van der Waals surface area contributed by atoms with E-state index in [0.29, 0.717) is 19.0 Å². The van der Waals surface area contributed by atoms with E-state index < -0.39 is 6.10 Å². The number of nitrogens with zero attached hydrogens (tertiary/aromatic N) is 1. The summed E-state index contributed by atoms with van der Waals surface area (Å²) in [6.07, 6.45) is 1.82. The van der Waals surface area contributed by atoms with Crippen LogP contribution in [0.1, 0.15) is 32.4 Å². The summed E-state index contributed by atoms with van der Waals surface area (Å²) in [5.74, 6) is 0.777. The fourth-order valence-electron chi connectivity index (χ4n) is 3.01. The largest absolute Gasteiger partial charge is 0.390 e. The molecule has 0 saturated carbocycles. The fourth-order valence-corrected chi connectivity index (χ4v) is 3.01. The minimum atomic E-state index is -0.398. The zero-order valence-electron chi connectivity index (χ0n) is 14.3. The van der Waals surface area contributed by atoms with Crippen molar-refractivity contribution in [2.75, 3.05) is 6.54 Å². The van der Waals surface area contributed by atoms with Crippen molar-refractivity contribution in [3.8, 4) is 11.3 Å². The Morgan fingerprint density at radius 1 is 1.25 bits per heavy atom. The number of ether oxygens (including phenoxy) is 1. The topological polar surface area (TPSA) is 67.5 Å². The Kier molecular flexibility index (Phi) is 5.66. The second-order valence-corrected chi connectivity index (χ2v) is 6.76. The van der Waals surface area contributed by atoms with Crippen LogP contribution in [0.3, 0.4) is 0 Å². The van der Waals surface area contributed by atoms with Gasteiger partial charge in [-0.3, -0.25) is 0 Å². The van der Waals surface area contributed by atoms with Crippen LogP contribution in [0.2, 0.25) is 0 Å². The molecule has 2 heterocycles. The van der Waals surface area contributed by atoms with Gasteiger partial charge in [0.15, 0.2) is 5.76 Å². The molecule has 0 bridgehead atoms. The molecule has 2 N–H and O–H groups in total. The Labute approximate surface area is 143 Å². The number of hydrogen-bond donors (Lipinski definition) is 2. The van der Waals surface area contributed by atoms with E-state index in [1.54, 1.807) is 0 Å². The van der Waals surface area contributed by atoms with Gasteiger partial charge in [-0.25, -0.2) is 0 Å². The predicted octanol–water partition coefficient (Wildman–Crippen LogP) is 2.79. The number of aromatic nitrogens is 1. The van der Waals surface area contributed by atoms with Crippen LogP contribution in [-0.4, -0.2) is 41.2 Å². The molecule has 1 aromatic carbocycles. The van der Waals surface area contributed by atoms with E-state index in [1.165, 1.54) is 0 Å². The molecule has 1 aliphatic heterocycles. The first-order valence-corrected chi connectivity index (χ1v) is 8.69. The quantitative estimate of drug-likeness (QED) is 0.852. The molecule has 3 atom stereocenters. The molecule has 3 rings (SSSR count). The smallest absolute Gasteiger partial charge is 0.167 e. The van der Waals surface area contributed by atoms with Crippen molar-refractivity contribution >= 4 is 0 Å². The molecular weight excluding hydrogens is 304 g/mol. The molecule has 1 aromatic heterocycles. The van der Waals surface area contributed by atoms with Gasteiger partial charge in [-0.15, -0.1) is 0 Å². The lowest BCUT2D eigenvalue weighted by atomic mass is 9.98. The summed E-state index contributed by atoms with van der Waals surface area (Å²) in [5, 5.41) is 17.6. The zero-order valence-corrected chi connectivity index (χ0v) is 14.3. The highest BCUT2D eigenvalue weighted by Crippen LogP contribution is 2.25. The molecule has 0 amide bonds. The lowest BCUT2D eigenvalue weighted by Gasteiger charge is -2.34. The third kappa shape index (κ3) is 4.44. The molecule has 2 aromatic rings. The van der Waals surface area contributed by atoms with E-state index in [0.717, 1.165) is 29.9 Å². The summed E-state index contributed by atoms with van der Waals surface area (Å²) in [7, 11) is 0. The first-order chi connectivity index (χ1) is 11.6. The van der Waals surface area contributed by atoms with E-state index in [4.69, 9.17) is 9.26 Å². The molecular formula is C19H26N2O3. The van der Waals surface area contributed by atoms with Crippen molar-refractivity contribution in [3.05, 3.63) is 42.1 Å². The van der Waals surface area contributed by atoms with Gasteiger partial charge in [0.1, 0.15) is 0 Å². The minimum Gasteiger partial charge on any atom is -0.390 e. The van der Waals surface area contributed by atoms with Crippen LogP contribution >= 0.6 is 0 Å². The highest BCUT2D eigenvalue weighted by Gasteiger charge is 2.30. The second kappa shape index (κ2) is 7.92. The molecule has 1 fully saturated rings. The molecule has 0 unspecified atom stereocenters. The van der Waals surface area contributed by atoms with Gasteiger partial charge in [-0.1, -0.05) is 49.3 Å². The molecule has 5 heteroatoms. The van der Waals surface area contributed by atoms with Crippen LogP contribution in [0, 0.1) is 0 Å². The van der Waals surface area contributed by atoms with Crippen molar-refractivity contribution in [1.29, 1.82) is 0 Å². The first kappa shape index (κ1) is 17.1. The maximum Gasteiger partial charge on any atom is 0.167 e. The summed E-state index contributed by atoms with van der Waals surface area (Å²) in [5.41, 5.74) is 1.92. The number of aliphatic hydroxyl groups excluding tert-OH is 1. The van der Waals surface area contributed by atoms with E-state index in [-0.39, 0.29) is 12.2 Å². The number of rotatable bonds is 6. The molecule has 5 nitrogen and oxygen atoms in total. The molecule has 0 spiro atoms. The Balaban J connectivity index is 1.59. The van der Waals surface area contributed by atoms with Gasteiger partial charge in [0, 0.05) is 30.6 Å². The van der Waals surface area contributed by atoms with E-state index >= 15 is 0 Å². The van der Waals surface area contributed by atoms with Crippen molar-refractivity contribution in [2.45, 2.75) is 57.5 Å². The van der Waals surface area contributed by atoms with E-state index in [1.807, 2.05) is 36.4 Å². The summed E-state index contributed by atoms with van der Waals surface area (Å²) < 4.78 is 11.5. The number of benzene rings is 1. The van der Waals surface area contributed by atoms with Crippen molar-refractivity contribution in [1.82, 2.24) is 10.5 Å². The van der Waals surface area contributed by atoms with Gasteiger partial charge in [-0.2, -0.15) is 0 Å². The fraction of sp³-hybridized carbons (Fsp3) is 0.526. The zero-order chi connectivity index (χ0) is 16.9. The van der Waals surface area contributed by atoms with Gasteiger partial charge in [-0.05, 0) is 12.8 Å². The maximum absolute atomic E-state index is 10.1. The lowest BCUT2D eigenvalue weighted by Crippen LogP contribution is -2.46. The van der Waals surface area contributed by atoms with Crippen molar-refractivity contribution in [3.63, 3.8) is 0 Å². The Bertz CT molecular complexity index is 627. The monoisotopic (exact) mass is 330 g/mol. The van der Waals surface area contributed by atoms with Crippen LogP contribution in [0.5, 0.6) is 0 Å². The van der Waals surface area contributed by atoms with Crippen molar-refractivity contribution in [2.24, 2.45) is 0 Å². The Hall–Kier alpha value is -1.69. The third-order valence-corrected chi connectivity index (χ3v) is 4.36. The molecule has 24 heavy (non-hydrogen) atoms. The highest BCUT2D eigenvalue weighted by atomic mass is 16.5. The van der Waals surface area contributed by atoms with Gasteiger partial charge >= 0.3 is 0 Å². The van der Waals surface area contributed by atoms with Crippen molar-refractivity contribution < 1.29 is 14.4 Å². The lowest BCUT2D eigenvalue weighted by molar-refractivity contribution is -0.115. The molecule has 0 radical (unpaired) electrons. The summed E-state index contributed by atoms with van der Waals surface area (Å²) in [6.45, 7) is 4.85. The average molecular weight is 330 g/mol. The summed E-state index contributed by atoms with van der Waals surface area (Å²) in [6, 6.07) is 12.3. The molecule has 0 aliphatic carbocycles. The van der Waals surface area contributed by atoms with Gasteiger partial charge in [0.2, 0.25) is 0 Å². The van der Waals surface area contributed by atoms with Gasteiger partial charge in [0.05, 0.1) is 24.0 Å². The van der Waals surface area contributed by atoms with Crippen LogP contribution in [-0.2, 0) is 11.2 Å². The van der Waals surface area contributed by atoms with Crippen LogP contribution in [0.4, 0.5) is 0 Å². The average Bonchev–Trinajstić information content (AvgIpc) is 3.04. The molecule has 1 saturated heterocycles. The number of nitrogens with one attached hydrogen (secondary N) is 1. The number of hydrogen-bond acceptors (Lipinski definition) is 5. The Morgan fingerprint density at radius 3 is 2.79 bits per heavy atom. The normalized spacial score (nSPS) is 24.4. The number of aliphatic hydroxyl groups is 1. The minimum absolute atomic E-state index is 0.0704. The van der Waals surface area contributed by atoms with Crippen LogP contribution in [0.25, 0.3) is 11.3 Å². The maximum atomic E-state index is 10.1. The highest BCUT2D eigenvalue weighted by molar-refractivity contribution is 5.56. The van der Waals surface area contributed by atoms with E-state index in [9.17, 15) is 5.11 Å². The van der Waals surface area contributed by atoms with E-state index in [2.05, 4.69) is 24.3 Å². The summed E-state index contributed by atoms with van der Waals surface area (Å²) in [4.78, 5) is 0. The standard InChI is InChI=1S/C19H26N2O3/c1-13(2)20-12-19-17(22)9-8-16(23-19)10-15-11-18(24-21-15)14-6-4-3-5-7-14/h3-7,11,13,16-17,19-20,22H,8-10,12H2,1-2H3/t16-,17-,19+/m0/s1.